The molecule has 1 aromatic rings. The first-order chi connectivity index (χ1) is 7.63. The van der Waals surface area contributed by atoms with E-state index in [2.05, 4.69) is 12.1 Å². The second-order valence-electron chi connectivity index (χ2n) is 4.32. The second kappa shape index (κ2) is 6.31. The van der Waals surface area contributed by atoms with Crippen LogP contribution in [0.25, 0.3) is 0 Å². The van der Waals surface area contributed by atoms with E-state index in [0.717, 1.165) is 18.6 Å². The summed E-state index contributed by atoms with van der Waals surface area (Å²) in [7, 11) is 1.66. The molecule has 2 heteroatoms. The summed E-state index contributed by atoms with van der Waals surface area (Å²) in [5, 5.41) is 0. The zero-order valence-corrected chi connectivity index (χ0v) is 10.3. The number of hydrogen-bond donors (Lipinski definition) is 0. The summed E-state index contributed by atoms with van der Waals surface area (Å²) >= 11 is 0. The lowest BCUT2D eigenvalue weighted by molar-refractivity contribution is -0.121. The van der Waals surface area contributed by atoms with Gasteiger partial charge in [-0.2, -0.15) is 0 Å². The van der Waals surface area contributed by atoms with Crippen molar-refractivity contribution in [3.8, 4) is 5.75 Å². The molecule has 16 heavy (non-hydrogen) atoms. The Hall–Kier alpha value is -1.31. The zero-order valence-electron chi connectivity index (χ0n) is 10.3. The van der Waals surface area contributed by atoms with Gasteiger partial charge in [0.1, 0.15) is 11.5 Å². The maximum atomic E-state index is 11.4. The molecule has 0 radical (unpaired) electrons. The number of benzene rings is 1. The molecule has 88 valence electrons. The minimum atomic E-state index is 0.163. The number of Topliss-reactive ketones (excluding diaryl/α,β-unsaturated/α-hetero) is 1. The molecule has 0 amide bonds. The highest BCUT2D eigenvalue weighted by Gasteiger charge is 2.06. The van der Waals surface area contributed by atoms with Gasteiger partial charge in [0.15, 0.2) is 0 Å². The van der Waals surface area contributed by atoms with Gasteiger partial charge < -0.3 is 4.74 Å². The molecule has 2 nitrogen and oxygen atoms in total. The van der Waals surface area contributed by atoms with Crippen molar-refractivity contribution in [2.24, 2.45) is 5.92 Å². The van der Waals surface area contributed by atoms with Crippen LogP contribution in [0.1, 0.15) is 32.3 Å². The van der Waals surface area contributed by atoms with Gasteiger partial charge in [-0.3, -0.25) is 4.79 Å². The molecule has 0 aromatic heterocycles. The summed E-state index contributed by atoms with van der Waals surface area (Å²) in [6, 6.07) is 8.02. The fraction of sp³-hybridized carbons (Fsp3) is 0.500. The molecule has 0 atom stereocenters. The largest absolute Gasteiger partial charge is 0.497 e. The molecule has 0 aliphatic heterocycles. The fourth-order valence-corrected chi connectivity index (χ4v) is 1.55. The lowest BCUT2D eigenvalue weighted by Crippen LogP contribution is -2.06. The summed E-state index contributed by atoms with van der Waals surface area (Å²) in [6.45, 7) is 3.91. The Bertz CT molecular complexity index is 325. The highest BCUT2D eigenvalue weighted by Crippen LogP contribution is 2.13. The molecule has 0 spiro atoms. The van der Waals surface area contributed by atoms with Crippen molar-refractivity contribution in [3.63, 3.8) is 0 Å². The molecule has 0 fully saturated rings. The van der Waals surface area contributed by atoms with Gasteiger partial charge in [0, 0.05) is 12.3 Å². The Balaban J connectivity index is 2.34. The molecule has 0 aliphatic carbocycles. The van der Waals surface area contributed by atoms with Gasteiger partial charge in [-0.1, -0.05) is 26.0 Å². The summed E-state index contributed by atoms with van der Waals surface area (Å²) < 4.78 is 5.09. The SMILES string of the molecule is COc1ccc(CCCC(=O)C(C)C)cc1. The van der Waals surface area contributed by atoms with E-state index in [-0.39, 0.29) is 5.92 Å². The lowest BCUT2D eigenvalue weighted by Gasteiger charge is -2.05. The molecule has 1 rings (SSSR count). The van der Waals surface area contributed by atoms with Gasteiger partial charge in [0.2, 0.25) is 0 Å². The first-order valence-electron chi connectivity index (χ1n) is 5.79. The Morgan fingerprint density at radius 3 is 2.38 bits per heavy atom. The molecule has 0 aliphatic rings. The van der Waals surface area contributed by atoms with Crippen LogP contribution in [0.3, 0.4) is 0 Å². The summed E-state index contributed by atoms with van der Waals surface area (Å²) in [4.78, 5) is 11.4. The minimum Gasteiger partial charge on any atom is -0.497 e. The number of hydrogen-bond acceptors (Lipinski definition) is 2. The third-order valence-electron chi connectivity index (χ3n) is 2.69. The van der Waals surface area contributed by atoms with Crippen molar-refractivity contribution >= 4 is 5.78 Å². The van der Waals surface area contributed by atoms with Crippen LogP contribution in [0.15, 0.2) is 24.3 Å². The van der Waals surface area contributed by atoms with Crippen molar-refractivity contribution in [2.45, 2.75) is 33.1 Å². The second-order valence-corrected chi connectivity index (χ2v) is 4.32. The van der Waals surface area contributed by atoms with Gasteiger partial charge >= 0.3 is 0 Å². The molecule has 0 saturated heterocycles. The Kier molecular flexibility index (Phi) is 5.03. The van der Waals surface area contributed by atoms with Gasteiger partial charge in [0.05, 0.1) is 7.11 Å². The predicted molar refractivity (Wildman–Crippen MR) is 65.8 cm³/mol. The highest BCUT2D eigenvalue weighted by molar-refractivity contribution is 5.80. The van der Waals surface area contributed by atoms with Crippen LogP contribution in [0.2, 0.25) is 0 Å². The monoisotopic (exact) mass is 220 g/mol. The molecule has 0 unspecified atom stereocenters. The summed E-state index contributed by atoms with van der Waals surface area (Å²) in [6.07, 6.45) is 2.58. The number of ketones is 1. The van der Waals surface area contributed by atoms with Gasteiger partial charge in [0.25, 0.3) is 0 Å². The van der Waals surface area contributed by atoms with E-state index in [1.165, 1.54) is 5.56 Å². The fourth-order valence-electron chi connectivity index (χ4n) is 1.55. The zero-order chi connectivity index (χ0) is 12.0. The standard InChI is InChI=1S/C14H20O2/c1-11(2)14(15)6-4-5-12-7-9-13(16-3)10-8-12/h7-11H,4-6H2,1-3H3. The van der Waals surface area contributed by atoms with Crippen molar-refractivity contribution < 1.29 is 9.53 Å². The van der Waals surface area contributed by atoms with Crippen LogP contribution >= 0.6 is 0 Å². The number of ether oxygens (including phenoxy) is 1. The molecular formula is C14H20O2. The third-order valence-corrected chi connectivity index (χ3v) is 2.69. The van der Waals surface area contributed by atoms with Crippen molar-refractivity contribution in [1.82, 2.24) is 0 Å². The summed E-state index contributed by atoms with van der Waals surface area (Å²) in [5.41, 5.74) is 1.26. The van der Waals surface area contributed by atoms with Crippen LogP contribution in [-0.4, -0.2) is 12.9 Å². The normalized spacial score (nSPS) is 10.5. The van der Waals surface area contributed by atoms with Crippen LogP contribution in [0.4, 0.5) is 0 Å². The van der Waals surface area contributed by atoms with Crippen molar-refractivity contribution in [3.05, 3.63) is 29.8 Å². The average molecular weight is 220 g/mol. The van der Waals surface area contributed by atoms with E-state index in [1.54, 1.807) is 7.11 Å². The highest BCUT2D eigenvalue weighted by atomic mass is 16.5. The molecule has 0 heterocycles. The minimum absolute atomic E-state index is 0.163. The first-order valence-corrected chi connectivity index (χ1v) is 5.79. The Morgan fingerprint density at radius 2 is 1.88 bits per heavy atom. The number of rotatable bonds is 6. The van der Waals surface area contributed by atoms with E-state index in [4.69, 9.17) is 4.74 Å². The van der Waals surface area contributed by atoms with E-state index in [1.807, 2.05) is 26.0 Å². The maximum Gasteiger partial charge on any atom is 0.135 e. The average Bonchev–Trinajstić information content (AvgIpc) is 2.29. The third kappa shape index (κ3) is 4.05. The smallest absolute Gasteiger partial charge is 0.135 e. The van der Waals surface area contributed by atoms with Gasteiger partial charge in [-0.25, -0.2) is 0 Å². The lowest BCUT2D eigenvalue weighted by atomic mass is 10.0. The number of aryl methyl sites for hydroxylation is 1. The maximum absolute atomic E-state index is 11.4. The van der Waals surface area contributed by atoms with E-state index >= 15 is 0 Å². The number of carbonyl (C=O) groups is 1. The van der Waals surface area contributed by atoms with Crippen LogP contribution < -0.4 is 4.74 Å². The van der Waals surface area contributed by atoms with Crippen molar-refractivity contribution in [2.75, 3.05) is 7.11 Å². The molecule has 0 bridgehead atoms. The Morgan fingerprint density at radius 1 is 1.25 bits per heavy atom. The quantitative estimate of drug-likeness (QED) is 0.735. The molecule has 0 N–H and O–H groups in total. The van der Waals surface area contributed by atoms with Gasteiger partial charge in [-0.15, -0.1) is 0 Å². The van der Waals surface area contributed by atoms with Crippen LogP contribution in [-0.2, 0) is 11.2 Å². The topological polar surface area (TPSA) is 26.3 Å². The molecule has 0 saturated carbocycles. The Labute approximate surface area is 97.6 Å². The van der Waals surface area contributed by atoms with E-state index in [9.17, 15) is 4.79 Å². The first kappa shape index (κ1) is 12.8. The van der Waals surface area contributed by atoms with Crippen LogP contribution in [0.5, 0.6) is 5.75 Å². The summed E-state index contributed by atoms with van der Waals surface area (Å²) in [5.74, 6) is 1.39. The van der Waals surface area contributed by atoms with E-state index < -0.39 is 0 Å². The number of methoxy groups -OCH3 is 1. The molecular weight excluding hydrogens is 200 g/mol. The van der Waals surface area contributed by atoms with E-state index in [0.29, 0.717) is 12.2 Å². The number of carbonyl (C=O) groups excluding carboxylic acids is 1. The predicted octanol–water partition coefficient (Wildman–Crippen LogP) is 3.24. The van der Waals surface area contributed by atoms with Gasteiger partial charge in [-0.05, 0) is 30.5 Å². The van der Waals surface area contributed by atoms with Crippen molar-refractivity contribution in [1.29, 1.82) is 0 Å². The van der Waals surface area contributed by atoms with Crippen LogP contribution in [0, 0.1) is 5.92 Å². The molecule has 1 aromatic carbocycles.